The summed E-state index contributed by atoms with van der Waals surface area (Å²) in [6.07, 6.45) is 3.01. The number of carbonyl (C=O) groups excluding carboxylic acids is 2. The Labute approximate surface area is 149 Å². The van der Waals surface area contributed by atoms with Crippen LogP contribution in [-0.2, 0) is 11.3 Å². The molecular weight excluding hydrogens is 336 g/mol. The van der Waals surface area contributed by atoms with Gasteiger partial charge in [-0.2, -0.15) is 11.3 Å². The Morgan fingerprint density at radius 2 is 1.96 bits per heavy atom. The van der Waals surface area contributed by atoms with Crippen molar-refractivity contribution in [1.82, 2.24) is 20.3 Å². The molecule has 0 fully saturated rings. The first-order chi connectivity index (χ1) is 12.2. The number of rotatable bonds is 8. The van der Waals surface area contributed by atoms with E-state index in [0.29, 0.717) is 37.1 Å². The van der Waals surface area contributed by atoms with E-state index in [-0.39, 0.29) is 11.7 Å². The smallest absolute Gasteiger partial charge is 0.220 e. The van der Waals surface area contributed by atoms with Crippen LogP contribution in [0.15, 0.2) is 53.4 Å². The van der Waals surface area contributed by atoms with E-state index >= 15 is 0 Å². The molecule has 0 atom stereocenters. The van der Waals surface area contributed by atoms with Gasteiger partial charge in [0.1, 0.15) is 5.69 Å². The van der Waals surface area contributed by atoms with Crippen molar-refractivity contribution in [2.75, 3.05) is 0 Å². The SMILES string of the molecule is O=C(CCCC(=O)c1ccccc1)NCc1cn(-c2ccsc2)nn1. The number of hydrogen-bond donors (Lipinski definition) is 1. The molecule has 1 aromatic carbocycles. The highest BCUT2D eigenvalue weighted by molar-refractivity contribution is 7.08. The van der Waals surface area contributed by atoms with E-state index in [1.807, 2.05) is 35.0 Å². The van der Waals surface area contributed by atoms with Crippen LogP contribution in [0.2, 0.25) is 0 Å². The lowest BCUT2D eigenvalue weighted by Gasteiger charge is -2.03. The van der Waals surface area contributed by atoms with Gasteiger partial charge in [0.2, 0.25) is 5.91 Å². The van der Waals surface area contributed by atoms with Gasteiger partial charge in [0.05, 0.1) is 18.4 Å². The van der Waals surface area contributed by atoms with E-state index in [0.717, 1.165) is 5.69 Å². The molecule has 0 aliphatic heterocycles. The first kappa shape index (κ1) is 17.0. The van der Waals surface area contributed by atoms with Gasteiger partial charge in [-0.05, 0) is 17.9 Å². The van der Waals surface area contributed by atoms with E-state index in [1.54, 1.807) is 34.3 Å². The Bertz CT molecular complexity index is 828. The number of thiophene rings is 1. The van der Waals surface area contributed by atoms with Crippen molar-refractivity contribution >= 4 is 23.0 Å². The van der Waals surface area contributed by atoms with Gasteiger partial charge in [-0.15, -0.1) is 5.10 Å². The highest BCUT2D eigenvalue weighted by Gasteiger charge is 2.08. The number of carbonyl (C=O) groups is 2. The molecule has 0 unspecified atom stereocenters. The van der Waals surface area contributed by atoms with Crippen LogP contribution >= 0.6 is 11.3 Å². The average Bonchev–Trinajstić information content (AvgIpc) is 3.32. The topological polar surface area (TPSA) is 76.9 Å². The van der Waals surface area contributed by atoms with Crippen molar-refractivity contribution in [2.24, 2.45) is 0 Å². The van der Waals surface area contributed by atoms with Crippen LogP contribution < -0.4 is 5.32 Å². The fourth-order valence-corrected chi connectivity index (χ4v) is 2.97. The third-order valence-electron chi connectivity index (χ3n) is 3.68. The molecule has 0 aliphatic carbocycles. The van der Waals surface area contributed by atoms with Crippen LogP contribution in [-0.4, -0.2) is 26.7 Å². The maximum atomic E-state index is 12.0. The lowest BCUT2D eigenvalue weighted by Crippen LogP contribution is -2.22. The Balaban J connectivity index is 1.39. The molecule has 2 aromatic heterocycles. The maximum Gasteiger partial charge on any atom is 0.220 e. The summed E-state index contributed by atoms with van der Waals surface area (Å²) >= 11 is 1.59. The zero-order valence-corrected chi connectivity index (χ0v) is 14.4. The van der Waals surface area contributed by atoms with Crippen molar-refractivity contribution in [1.29, 1.82) is 0 Å². The second-order valence-corrected chi connectivity index (χ2v) is 6.34. The molecule has 6 nitrogen and oxygen atoms in total. The van der Waals surface area contributed by atoms with Crippen LogP contribution in [0, 0.1) is 0 Å². The Hall–Kier alpha value is -2.80. The first-order valence-electron chi connectivity index (χ1n) is 8.01. The van der Waals surface area contributed by atoms with Crippen molar-refractivity contribution in [2.45, 2.75) is 25.8 Å². The molecule has 0 aliphatic rings. The van der Waals surface area contributed by atoms with E-state index < -0.39 is 0 Å². The minimum Gasteiger partial charge on any atom is -0.350 e. The van der Waals surface area contributed by atoms with E-state index in [2.05, 4.69) is 15.6 Å². The van der Waals surface area contributed by atoms with E-state index in [4.69, 9.17) is 0 Å². The molecule has 128 valence electrons. The predicted molar refractivity (Wildman–Crippen MR) is 95.7 cm³/mol. The quantitative estimate of drug-likeness (QED) is 0.631. The number of aromatic nitrogens is 3. The highest BCUT2D eigenvalue weighted by Crippen LogP contribution is 2.11. The molecule has 1 N–H and O–H groups in total. The number of ketones is 1. The Morgan fingerprint density at radius 3 is 2.72 bits per heavy atom. The standard InChI is InChI=1S/C18H18N4O2S/c23-17(14-5-2-1-3-6-14)7-4-8-18(24)19-11-15-12-22(21-20-15)16-9-10-25-13-16/h1-3,5-6,9-10,12-13H,4,7-8,11H2,(H,19,24). The van der Waals surface area contributed by atoms with Crippen molar-refractivity contribution in [3.8, 4) is 5.69 Å². The highest BCUT2D eigenvalue weighted by atomic mass is 32.1. The Kier molecular flexibility index (Phi) is 5.69. The molecule has 0 saturated carbocycles. The second kappa shape index (κ2) is 8.34. The molecular formula is C18H18N4O2S. The van der Waals surface area contributed by atoms with Gasteiger partial charge in [0, 0.05) is 23.8 Å². The molecule has 0 bridgehead atoms. The normalized spacial score (nSPS) is 10.6. The summed E-state index contributed by atoms with van der Waals surface area (Å²) in [5, 5.41) is 14.8. The average molecular weight is 354 g/mol. The monoisotopic (exact) mass is 354 g/mol. The fourth-order valence-electron chi connectivity index (χ4n) is 2.35. The zero-order chi connectivity index (χ0) is 17.5. The van der Waals surface area contributed by atoms with Crippen molar-refractivity contribution < 1.29 is 9.59 Å². The van der Waals surface area contributed by atoms with Gasteiger partial charge in [-0.1, -0.05) is 35.5 Å². The van der Waals surface area contributed by atoms with Gasteiger partial charge >= 0.3 is 0 Å². The summed E-state index contributed by atoms with van der Waals surface area (Å²) in [5.41, 5.74) is 2.34. The number of benzene rings is 1. The molecule has 1 amide bonds. The lowest BCUT2D eigenvalue weighted by molar-refractivity contribution is -0.121. The largest absolute Gasteiger partial charge is 0.350 e. The fraction of sp³-hybridized carbons (Fsp3) is 0.222. The van der Waals surface area contributed by atoms with Gasteiger partial charge in [-0.3, -0.25) is 9.59 Å². The number of nitrogens with zero attached hydrogens (tertiary/aromatic N) is 3. The number of nitrogens with one attached hydrogen (secondary N) is 1. The predicted octanol–water partition coefficient (Wildman–Crippen LogP) is 3.00. The minimum absolute atomic E-state index is 0.0621. The van der Waals surface area contributed by atoms with E-state index in [1.165, 1.54) is 0 Å². The first-order valence-corrected chi connectivity index (χ1v) is 8.95. The number of hydrogen-bond acceptors (Lipinski definition) is 5. The van der Waals surface area contributed by atoms with Gasteiger partial charge in [0.15, 0.2) is 5.78 Å². The summed E-state index contributed by atoms with van der Waals surface area (Å²) in [5.74, 6) is -0.0296. The van der Waals surface area contributed by atoms with Crippen LogP contribution in [0.1, 0.15) is 35.3 Å². The van der Waals surface area contributed by atoms with E-state index in [9.17, 15) is 9.59 Å². The van der Waals surface area contributed by atoms with Crippen LogP contribution in [0.4, 0.5) is 0 Å². The molecule has 7 heteroatoms. The molecule has 0 radical (unpaired) electrons. The maximum absolute atomic E-state index is 12.0. The van der Waals surface area contributed by atoms with Crippen molar-refractivity contribution in [3.05, 3.63) is 64.6 Å². The van der Waals surface area contributed by atoms with Crippen LogP contribution in [0.3, 0.4) is 0 Å². The summed E-state index contributed by atoms with van der Waals surface area (Å²) in [6.45, 7) is 0.329. The third-order valence-corrected chi connectivity index (χ3v) is 4.35. The third kappa shape index (κ3) is 4.84. The number of Topliss-reactive ketones (excluding diaryl/α,β-unsaturated/α-hetero) is 1. The van der Waals surface area contributed by atoms with Crippen LogP contribution in [0.25, 0.3) is 5.69 Å². The minimum atomic E-state index is -0.0917. The molecule has 2 heterocycles. The molecule has 3 aromatic rings. The Morgan fingerprint density at radius 1 is 1.12 bits per heavy atom. The summed E-state index contributed by atoms with van der Waals surface area (Å²) in [4.78, 5) is 23.9. The van der Waals surface area contributed by atoms with Gasteiger partial charge < -0.3 is 5.32 Å². The van der Waals surface area contributed by atoms with Crippen LogP contribution in [0.5, 0.6) is 0 Å². The van der Waals surface area contributed by atoms with Crippen molar-refractivity contribution in [3.63, 3.8) is 0 Å². The molecule has 0 saturated heterocycles. The summed E-state index contributed by atoms with van der Waals surface area (Å²) in [7, 11) is 0. The molecule has 0 spiro atoms. The van der Waals surface area contributed by atoms with Gasteiger partial charge in [-0.25, -0.2) is 4.68 Å². The zero-order valence-electron chi connectivity index (χ0n) is 13.6. The summed E-state index contributed by atoms with van der Waals surface area (Å²) in [6, 6.07) is 11.1. The summed E-state index contributed by atoms with van der Waals surface area (Å²) < 4.78 is 1.68. The van der Waals surface area contributed by atoms with Gasteiger partial charge in [0.25, 0.3) is 0 Å². The number of amides is 1. The molecule has 3 rings (SSSR count). The second-order valence-electron chi connectivity index (χ2n) is 5.56. The molecule has 25 heavy (non-hydrogen) atoms. The lowest BCUT2D eigenvalue weighted by atomic mass is 10.1.